The van der Waals surface area contributed by atoms with Crippen molar-refractivity contribution in [3.63, 3.8) is 0 Å². The highest BCUT2D eigenvalue weighted by Gasteiger charge is 2.14. The number of rotatable bonds is 5. The first-order valence-corrected chi connectivity index (χ1v) is 11.9. The Bertz CT molecular complexity index is 1410. The second-order valence-electron chi connectivity index (χ2n) is 8.17. The zero-order valence-electron chi connectivity index (χ0n) is 20.4. The van der Waals surface area contributed by atoms with E-state index in [2.05, 4.69) is 75.4 Å². The summed E-state index contributed by atoms with van der Waals surface area (Å²) in [4.78, 5) is 26.9. The van der Waals surface area contributed by atoms with Gasteiger partial charge in [0.05, 0.1) is 12.4 Å². The molecule has 0 aliphatic carbocycles. The molecule has 3 N–H and O–H groups in total. The van der Waals surface area contributed by atoms with Gasteiger partial charge in [0.1, 0.15) is 12.7 Å². The highest BCUT2D eigenvalue weighted by molar-refractivity contribution is 5.65. The normalized spacial score (nSPS) is 13.2. The van der Waals surface area contributed by atoms with Crippen LogP contribution >= 0.6 is 0 Å². The van der Waals surface area contributed by atoms with Gasteiger partial charge in [0.25, 0.3) is 0 Å². The minimum Gasteiger partial charge on any atom is -0.369 e. The zero-order valence-corrected chi connectivity index (χ0v) is 20.4. The first-order valence-electron chi connectivity index (χ1n) is 11.9. The fourth-order valence-corrected chi connectivity index (χ4v) is 3.82. The molecule has 0 spiro atoms. The van der Waals surface area contributed by atoms with E-state index in [9.17, 15) is 0 Å². The van der Waals surface area contributed by atoms with E-state index in [0.29, 0.717) is 17.5 Å². The summed E-state index contributed by atoms with van der Waals surface area (Å²) < 4.78 is 3.12. The molecule has 13 nitrogen and oxygen atoms in total. The van der Waals surface area contributed by atoms with Crippen molar-refractivity contribution in [2.75, 3.05) is 36.8 Å². The molecule has 0 amide bonds. The number of anilines is 2. The van der Waals surface area contributed by atoms with Crippen LogP contribution in [0, 0.1) is 0 Å². The fourth-order valence-electron chi connectivity index (χ4n) is 3.82. The standard InChI is InChI=1S/C18H21N7.C6H6N6/c1-2-14-9-15(11-16(10-14)24-7-5-19-6-8-24)18-22-13-25(23-18)17-12-20-3-4-21-17;7-6-10-4-12(11-6)5-3-8-1-2-9-5/h3-4,9-13,19H,2,5-8H2,1H3;1-4H,(H2,7,11). The maximum absolute atomic E-state index is 5.32. The van der Waals surface area contributed by atoms with Crippen molar-refractivity contribution in [2.24, 2.45) is 0 Å². The van der Waals surface area contributed by atoms with Crippen molar-refractivity contribution < 1.29 is 0 Å². The molecule has 13 heteroatoms. The maximum atomic E-state index is 5.32. The lowest BCUT2D eigenvalue weighted by Crippen LogP contribution is -2.43. The smallest absolute Gasteiger partial charge is 0.239 e. The van der Waals surface area contributed by atoms with Crippen molar-refractivity contribution in [2.45, 2.75) is 13.3 Å². The van der Waals surface area contributed by atoms with Gasteiger partial charge >= 0.3 is 0 Å². The number of benzene rings is 1. The van der Waals surface area contributed by atoms with Crippen LogP contribution in [0.4, 0.5) is 11.6 Å². The van der Waals surface area contributed by atoms with Gasteiger partial charge in [0.2, 0.25) is 5.95 Å². The van der Waals surface area contributed by atoms with Crippen LogP contribution in [0.3, 0.4) is 0 Å². The van der Waals surface area contributed by atoms with E-state index in [0.717, 1.165) is 38.2 Å². The van der Waals surface area contributed by atoms with Crippen LogP contribution < -0.4 is 16.0 Å². The van der Waals surface area contributed by atoms with Gasteiger partial charge in [-0.3, -0.25) is 9.97 Å². The molecule has 0 radical (unpaired) electrons. The third-order valence-corrected chi connectivity index (χ3v) is 5.70. The van der Waals surface area contributed by atoms with Gasteiger partial charge in [-0.2, -0.15) is 4.68 Å². The van der Waals surface area contributed by atoms with Crippen molar-refractivity contribution in [1.29, 1.82) is 0 Å². The first kappa shape index (κ1) is 23.9. The Morgan fingerprint density at radius 1 is 0.811 bits per heavy atom. The summed E-state index contributed by atoms with van der Waals surface area (Å²) in [5.41, 5.74) is 8.90. The molecule has 1 aliphatic rings. The molecule has 4 aromatic heterocycles. The molecule has 0 atom stereocenters. The maximum Gasteiger partial charge on any atom is 0.239 e. The summed E-state index contributed by atoms with van der Waals surface area (Å²) in [6.45, 7) is 6.25. The lowest BCUT2D eigenvalue weighted by molar-refractivity contribution is 0.589. The number of nitrogens with zero attached hydrogens (tertiary/aromatic N) is 11. The molecule has 5 heterocycles. The second kappa shape index (κ2) is 11.3. The van der Waals surface area contributed by atoms with E-state index in [4.69, 9.17) is 5.73 Å². The first-order chi connectivity index (χ1) is 18.2. The van der Waals surface area contributed by atoms with Crippen LogP contribution in [0.5, 0.6) is 0 Å². The minimum absolute atomic E-state index is 0.223. The minimum atomic E-state index is 0.223. The Balaban J connectivity index is 0.000000195. The molecule has 0 bridgehead atoms. The number of hydrogen-bond acceptors (Lipinski definition) is 11. The second-order valence-corrected chi connectivity index (χ2v) is 8.17. The van der Waals surface area contributed by atoms with Crippen molar-refractivity contribution >= 4 is 11.6 Å². The molecular weight excluding hydrogens is 470 g/mol. The number of aromatic nitrogens is 10. The summed E-state index contributed by atoms with van der Waals surface area (Å²) in [5.74, 6) is 2.19. The molecule has 1 saturated heterocycles. The Hall–Kier alpha value is -4.78. The van der Waals surface area contributed by atoms with E-state index in [1.165, 1.54) is 22.3 Å². The van der Waals surface area contributed by atoms with Crippen LogP contribution in [0.2, 0.25) is 0 Å². The summed E-state index contributed by atoms with van der Waals surface area (Å²) in [5, 5.41) is 11.8. The van der Waals surface area contributed by atoms with Gasteiger partial charge in [0, 0.05) is 62.2 Å². The molecule has 188 valence electrons. The summed E-state index contributed by atoms with van der Waals surface area (Å²) in [6, 6.07) is 6.62. The molecule has 6 rings (SSSR count). The fraction of sp³-hybridized carbons (Fsp3) is 0.250. The number of hydrogen-bond donors (Lipinski definition) is 2. The molecule has 1 aliphatic heterocycles. The van der Waals surface area contributed by atoms with Gasteiger partial charge in [-0.15, -0.1) is 10.2 Å². The topological polar surface area (TPSA) is 154 Å². The molecule has 0 saturated carbocycles. The van der Waals surface area contributed by atoms with Crippen molar-refractivity contribution in [3.8, 4) is 23.0 Å². The highest BCUT2D eigenvalue weighted by atomic mass is 15.4. The summed E-state index contributed by atoms with van der Waals surface area (Å²) >= 11 is 0. The Labute approximate surface area is 213 Å². The largest absolute Gasteiger partial charge is 0.369 e. The van der Waals surface area contributed by atoms with Gasteiger partial charge < -0.3 is 16.0 Å². The molecule has 5 aromatic rings. The Morgan fingerprint density at radius 3 is 2.08 bits per heavy atom. The summed E-state index contributed by atoms with van der Waals surface area (Å²) in [7, 11) is 0. The third kappa shape index (κ3) is 5.90. The van der Waals surface area contributed by atoms with E-state index >= 15 is 0 Å². The van der Waals surface area contributed by atoms with E-state index in [1.807, 2.05) is 0 Å². The van der Waals surface area contributed by atoms with E-state index in [-0.39, 0.29) is 5.95 Å². The molecule has 37 heavy (non-hydrogen) atoms. The van der Waals surface area contributed by atoms with Crippen LogP contribution in [0.25, 0.3) is 23.0 Å². The summed E-state index contributed by atoms with van der Waals surface area (Å²) in [6.07, 6.45) is 13.9. The van der Waals surface area contributed by atoms with Crippen LogP contribution in [0.1, 0.15) is 12.5 Å². The van der Waals surface area contributed by atoms with Crippen LogP contribution in [-0.4, -0.2) is 75.6 Å². The van der Waals surface area contributed by atoms with Gasteiger partial charge in [-0.05, 0) is 30.2 Å². The SMILES string of the molecule is CCc1cc(-c2ncn(-c3cnccn3)n2)cc(N2CCNCC2)c1.Nc1ncn(-c2cnccn2)n1. The average molecular weight is 498 g/mol. The number of piperazine rings is 1. The van der Waals surface area contributed by atoms with E-state index < -0.39 is 0 Å². The molecule has 1 aromatic carbocycles. The predicted octanol–water partition coefficient (Wildman–Crippen LogP) is 1.34. The molecule has 0 unspecified atom stereocenters. The Morgan fingerprint density at radius 2 is 1.49 bits per heavy atom. The monoisotopic (exact) mass is 497 g/mol. The lowest BCUT2D eigenvalue weighted by Gasteiger charge is -2.30. The van der Waals surface area contributed by atoms with Crippen LogP contribution in [-0.2, 0) is 6.42 Å². The van der Waals surface area contributed by atoms with Gasteiger partial charge in [-0.25, -0.2) is 24.6 Å². The number of nitrogens with one attached hydrogen (secondary N) is 1. The number of aryl methyl sites for hydroxylation is 1. The quantitative estimate of drug-likeness (QED) is 0.361. The van der Waals surface area contributed by atoms with E-state index in [1.54, 1.807) is 48.2 Å². The Kier molecular flexibility index (Phi) is 7.31. The highest BCUT2D eigenvalue weighted by Crippen LogP contribution is 2.26. The zero-order chi connectivity index (χ0) is 25.5. The van der Waals surface area contributed by atoms with Gasteiger partial charge in [0.15, 0.2) is 17.5 Å². The number of nitrogens with two attached hydrogens (primary N) is 1. The average Bonchev–Trinajstić information content (AvgIpc) is 3.64. The number of nitrogen functional groups attached to an aromatic ring is 1. The van der Waals surface area contributed by atoms with Crippen LogP contribution in [0.15, 0.2) is 68.0 Å². The molecular formula is C24H27N13. The third-order valence-electron chi connectivity index (χ3n) is 5.70. The van der Waals surface area contributed by atoms with Crippen molar-refractivity contribution in [3.05, 3.63) is 73.6 Å². The lowest BCUT2D eigenvalue weighted by atomic mass is 10.1. The van der Waals surface area contributed by atoms with Crippen molar-refractivity contribution in [1.82, 2.24) is 54.8 Å². The predicted molar refractivity (Wildman–Crippen MR) is 138 cm³/mol. The van der Waals surface area contributed by atoms with Gasteiger partial charge in [-0.1, -0.05) is 6.92 Å². The molecule has 1 fully saturated rings.